The molecule has 0 unspecified atom stereocenters. The average molecular weight is 495 g/mol. The first kappa shape index (κ1) is 21.9. The van der Waals surface area contributed by atoms with E-state index in [1.54, 1.807) is 12.4 Å². The fourth-order valence-electron chi connectivity index (χ4n) is 4.99. The second-order valence-electron chi connectivity index (χ2n) is 9.44. The Kier molecular flexibility index (Phi) is 5.32. The molecular weight excluding hydrogens is 468 g/mol. The molecule has 2 N–H and O–H groups in total. The molecule has 7 rings (SSSR count). The van der Waals surface area contributed by atoms with Crippen molar-refractivity contribution in [2.45, 2.75) is 32.0 Å². The van der Waals surface area contributed by atoms with Crippen LogP contribution >= 0.6 is 0 Å². The van der Waals surface area contributed by atoms with Crippen molar-refractivity contribution in [1.29, 1.82) is 0 Å². The third-order valence-electron chi connectivity index (χ3n) is 7.05. The van der Waals surface area contributed by atoms with Crippen molar-refractivity contribution in [2.75, 3.05) is 30.3 Å². The lowest BCUT2D eigenvalue weighted by molar-refractivity contribution is 0.113. The van der Waals surface area contributed by atoms with E-state index in [1.807, 2.05) is 29.0 Å². The Morgan fingerprint density at radius 2 is 1.95 bits per heavy atom. The van der Waals surface area contributed by atoms with Gasteiger partial charge in [-0.15, -0.1) is 0 Å². The smallest absolute Gasteiger partial charge is 0.157 e. The van der Waals surface area contributed by atoms with E-state index in [1.165, 1.54) is 12.7 Å². The highest BCUT2D eigenvalue weighted by atomic mass is 16.5. The summed E-state index contributed by atoms with van der Waals surface area (Å²) in [4.78, 5) is 25.0. The maximum Gasteiger partial charge on any atom is 0.157 e. The van der Waals surface area contributed by atoms with Gasteiger partial charge in [-0.2, -0.15) is 0 Å². The van der Waals surface area contributed by atoms with Crippen LogP contribution in [-0.2, 0) is 11.3 Å². The molecule has 1 atom stereocenters. The number of aromatic nitrogens is 6. The summed E-state index contributed by atoms with van der Waals surface area (Å²) in [7, 11) is 0. The van der Waals surface area contributed by atoms with Crippen LogP contribution in [-0.4, -0.2) is 49.2 Å². The predicted octanol–water partition coefficient (Wildman–Crippen LogP) is 3.98. The van der Waals surface area contributed by atoms with Crippen LogP contribution in [0.1, 0.15) is 36.6 Å². The first-order valence-corrected chi connectivity index (χ1v) is 12.6. The lowest BCUT2D eigenvalue weighted by Gasteiger charge is -2.32. The first-order valence-electron chi connectivity index (χ1n) is 12.6. The molecule has 2 aliphatic rings. The number of nitrogens with zero attached hydrogens (tertiary/aromatic N) is 7. The molecule has 37 heavy (non-hydrogen) atoms. The van der Waals surface area contributed by atoms with E-state index in [-0.39, 0.29) is 12.7 Å². The highest BCUT2D eigenvalue weighted by Gasteiger charge is 2.25. The van der Waals surface area contributed by atoms with Gasteiger partial charge in [0, 0.05) is 42.9 Å². The number of pyridine rings is 1. The van der Waals surface area contributed by atoms with E-state index < -0.39 is 0 Å². The van der Waals surface area contributed by atoms with Gasteiger partial charge in [0.2, 0.25) is 0 Å². The average Bonchev–Trinajstić information content (AvgIpc) is 3.55. The summed E-state index contributed by atoms with van der Waals surface area (Å²) in [5.41, 5.74) is 9.53. The van der Waals surface area contributed by atoms with Gasteiger partial charge in [-0.3, -0.25) is 9.55 Å². The second-order valence-corrected chi connectivity index (χ2v) is 9.44. The number of anilines is 2. The first-order chi connectivity index (χ1) is 18.2. The van der Waals surface area contributed by atoms with Gasteiger partial charge in [-0.05, 0) is 43.5 Å². The lowest BCUT2D eigenvalue weighted by Crippen LogP contribution is -2.37. The Morgan fingerprint density at radius 1 is 1.03 bits per heavy atom. The van der Waals surface area contributed by atoms with Crippen molar-refractivity contribution < 1.29 is 9.47 Å². The monoisotopic (exact) mass is 494 g/mol. The number of benzene rings is 1. The molecule has 6 heterocycles. The molecule has 0 spiro atoms. The molecule has 0 bridgehead atoms. The molecule has 1 aromatic carbocycles. The van der Waals surface area contributed by atoms with Crippen molar-refractivity contribution >= 4 is 33.6 Å². The van der Waals surface area contributed by atoms with Crippen LogP contribution in [0.25, 0.3) is 27.8 Å². The summed E-state index contributed by atoms with van der Waals surface area (Å²) in [6.07, 6.45) is 10.0. The minimum absolute atomic E-state index is 0.0281. The lowest BCUT2D eigenvalue weighted by atomic mass is 10.1. The molecule has 186 valence electrons. The number of nitrogen functional groups attached to an aromatic ring is 1. The van der Waals surface area contributed by atoms with Crippen LogP contribution in [0.4, 0.5) is 11.6 Å². The topological polar surface area (TPSA) is 117 Å². The molecular formula is C27H26N8O2. The standard InChI is InChI=1S/C27H26N8O2/c28-26-25-20(22-3-1-10-36-22)14-35(27(25)31-16-30-26)24-13-29-12-18(32-24)15-37-19-6-4-17-5-7-23(33-21(17)11-19)34-8-2-9-34/h4-7,11-14,16,22H,1-3,8-10,15H2,(H2,28,30,31)/t22-/m1/s1. The molecule has 0 aliphatic carbocycles. The fourth-order valence-corrected chi connectivity index (χ4v) is 4.99. The Balaban J connectivity index is 1.16. The normalized spacial score (nSPS) is 17.4. The van der Waals surface area contributed by atoms with E-state index in [2.05, 4.69) is 32.0 Å². The van der Waals surface area contributed by atoms with Crippen LogP contribution < -0.4 is 15.4 Å². The maximum absolute atomic E-state index is 6.25. The molecule has 0 saturated carbocycles. The van der Waals surface area contributed by atoms with Crippen molar-refractivity contribution in [3.8, 4) is 11.6 Å². The Bertz CT molecular complexity index is 1610. The third kappa shape index (κ3) is 3.99. The summed E-state index contributed by atoms with van der Waals surface area (Å²) < 4.78 is 13.9. The molecule has 0 amide bonds. The van der Waals surface area contributed by atoms with E-state index in [0.29, 0.717) is 23.0 Å². The van der Waals surface area contributed by atoms with Crippen molar-refractivity contribution in [1.82, 2.24) is 29.5 Å². The van der Waals surface area contributed by atoms with Crippen LogP contribution in [0.15, 0.2) is 55.2 Å². The van der Waals surface area contributed by atoms with Crippen molar-refractivity contribution in [3.05, 3.63) is 66.5 Å². The van der Waals surface area contributed by atoms with Crippen LogP contribution in [0, 0.1) is 0 Å². The molecule has 2 saturated heterocycles. The fraction of sp³-hybridized carbons (Fsp3) is 0.296. The number of hydrogen-bond donors (Lipinski definition) is 1. The van der Waals surface area contributed by atoms with E-state index in [4.69, 9.17) is 25.2 Å². The number of nitrogens with two attached hydrogens (primary N) is 1. The molecule has 5 aromatic rings. The number of ether oxygens (including phenoxy) is 2. The summed E-state index contributed by atoms with van der Waals surface area (Å²) in [6.45, 7) is 3.14. The minimum Gasteiger partial charge on any atom is -0.487 e. The van der Waals surface area contributed by atoms with Crippen molar-refractivity contribution in [2.24, 2.45) is 0 Å². The maximum atomic E-state index is 6.25. The number of rotatable bonds is 6. The highest BCUT2D eigenvalue weighted by Crippen LogP contribution is 2.37. The van der Waals surface area contributed by atoms with E-state index in [9.17, 15) is 0 Å². The van der Waals surface area contributed by atoms with Crippen LogP contribution in [0.5, 0.6) is 5.75 Å². The molecule has 2 fully saturated rings. The van der Waals surface area contributed by atoms with Gasteiger partial charge in [-0.1, -0.05) is 0 Å². The summed E-state index contributed by atoms with van der Waals surface area (Å²) in [5.74, 6) is 2.82. The highest BCUT2D eigenvalue weighted by molar-refractivity contribution is 5.91. The summed E-state index contributed by atoms with van der Waals surface area (Å²) in [5, 5.41) is 1.89. The zero-order valence-corrected chi connectivity index (χ0v) is 20.2. The number of hydrogen-bond acceptors (Lipinski definition) is 9. The van der Waals surface area contributed by atoms with Gasteiger partial charge in [0.05, 0.1) is 35.1 Å². The summed E-state index contributed by atoms with van der Waals surface area (Å²) in [6, 6.07) is 10.1. The van der Waals surface area contributed by atoms with Gasteiger partial charge in [-0.25, -0.2) is 19.9 Å². The van der Waals surface area contributed by atoms with Gasteiger partial charge < -0.3 is 20.1 Å². The van der Waals surface area contributed by atoms with Crippen LogP contribution in [0.2, 0.25) is 0 Å². The second kappa shape index (κ2) is 8.97. The zero-order chi connectivity index (χ0) is 24.8. The van der Waals surface area contributed by atoms with E-state index >= 15 is 0 Å². The van der Waals surface area contributed by atoms with Crippen molar-refractivity contribution in [3.63, 3.8) is 0 Å². The van der Waals surface area contributed by atoms with E-state index in [0.717, 1.165) is 66.0 Å². The SMILES string of the molecule is Nc1ncnc2c1c([C@H]1CCCO1)cn2-c1cncc(COc2ccc3ccc(N4CCC4)nc3c2)n1. The molecule has 2 aliphatic heterocycles. The van der Waals surface area contributed by atoms with Gasteiger partial charge >= 0.3 is 0 Å². The molecule has 4 aromatic heterocycles. The molecule has 10 heteroatoms. The quantitative estimate of drug-likeness (QED) is 0.374. The predicted molar refractivity (Wildman–Crippen MR) is 140 cm³/mol. The minimum atomic E-state index is -0.0281. The molecule has 10 nitrogen and oxygen atoms in total. The Morgan fingerprint density at radius 3 is 2.78 bits per heavy atom. The van der Waals surface area contributed by atoms with Gasteiger partial charge in [0.25, 0.3) is 0 Å². The third-order valence-corrected chi connectivity index (χ3v) is 7.05. The van der Waals surface area contributed by atoms with Crippen LogP contribution in [0.3, 0.4) is 0 Å². The zero-order valence-electron chi connectivity index (χ0n) is 20.2. The Labute approximate surface area is 213 Å². The molecule has 0 radical (unpaired) electrons. The largest absolute Gasteiger partial charge is 0.487 e. The Hall–Kier alpha value is -4.31. The van der Waals surface area contributed by atoms with Gasteiger partial charge in [0.15, 0.2) is 11.5 Å². The summed E-state index contributed by atoms with van der Waals surface area (Å²) >= 11 is 0. The number of fused-ring (bicyclic) bond motifs is 2. The van der Waals surface area contributed by atoms with Gasteiger partial charge in [0.1, 0.15) is 30.3 Å².